The average molecular weight is 1190 g/mol. The summed E-state index contributed by atoms with van der Waals surface area (Å²) in [5.74, 6) is -0.448. The van der Waals surface area contributed by atoms with Crippen LogP contribution in [0.1, 0.15) is 48.9 Å². The Hall–Kier alpha value is -8.43. The molecule has 2 saturated carbocycles. The average Bonchev–Trinajstić information content (AvgIpc) is 1.73. The van der Waals surface area contributed by atoms with E-state index in [2.05, 4.69) is 41.9 Å². The second kappa shape index (κ2) is 24.1. The van der Waals surface area contributed by atoms with Gasteiger partial charge < -0.3 is 91.7 Å². The molecule has 4 saturated heterocycles. The van der Waals surface area contributed by atoms with Crippen molar-refractivity contribution in [2.75, 3.05) is 73.0 Å². The van der Waals surface area contributed by atoms with Crippen molar-refractivity contribution in [3.05, 3.63) is 84.4 Å². The Morgan fingerprint density at radius 2 is 0.953 bits per heavy atom. The minimum atomic E-state index is -1.55. The maximum Gasteiger partial charge on any atom is 0.325 e. The van der Waals surface area contributed by atoms with E-state index in [0.717, 1.165) is 20.9 Å². The summed E-state index contributed by atoms with van der Waals surface area (Å²) < 4.78 is 3.14. The number of aromatic nitrogens is 8. The van der Waals surface area contributed by atoms with Gasteiger partial charge in [-0.25, -0.2) is 24.4 Å². The fourth-order valence-electron chi connectivity index (χ4n) is 12.8. The van der Waals surface area contributed by atoms with E-state index in [-0.39, 0.29) is 97.1 Å². The number of rotatable bonds is 20. The molecule has 6 fully saturated rings. The number of aliphatic hydroxyl groups excluding tert-OH is 8. The van der Waals surface area contributed by atoms with Gasteiger partial charge in [0.05, 0.1) is 75.3 Å². The molecule has 31 nitrogen and oxygen atoms in total. The summed E-state index contributed by atoms with van der Waals surface area (Å²) in [5, 5.41) is 104. The van der Waals surface area contributed by atoms with Crippen LogP contribution in [0.25, 0.3) is 22.3 Å². The largest absolute Gasteiger partial charge is 0.394 e. The zero-order chi connectivity index (χ0) is 60.1. The Kier molecular flexibility index (Phi) is 16.3. The van der Waals surface area contributed by atoms with E-state index in [1.54, 1.807) is 9.13 Å². The molecule has 4 aromatic heterocycles. The third-order valence-electron chi connectivity index (χ3n) is 17.3. The van der Waals surface area contributed by atoms with E-state index in [0.29, 0.717) is 38.8 Å². The van der Waals surface area contributed by atoms with E-state index in [1.807, 2.05) is 70.5 Å². The Morgan fingerprint density at radius 1 is 0.558 bits per heavy atom. The van der Waals surface area contributed by atoms with Crippen LogP contribution < -0.4 is 41.7 Å². The molecule has 6 aromatic rings. The highest BCUT2D eigenvalue weighted by Gasteiger charge is 2.54. The quantitative estimate of drug-likeness (QED) is 0.0340. The van der Waals surface area contributed by atoms with E-state index < -0.39 is 116 Å². The molecule has 456 valence electrons. The lowest BCUT2D eigenvalue weighted by Crippen LogP contribution is -2.48. The molecule has 8 amide bonds. The second-order valence-corrected chi connectivity index (χ2v) is 22.8. The fourth-order valence-corrected chi connectivity index (χ4v) is 12.8. The molecule has 2 aromatic carbocycles. The lowest BCUT2D eigenvalue weighted by Gasteiger charge is -2.24. The third kappa shape index (κ3) is 11.0. The highest BCUT2D eigenvalue weighted by atomic mass is 16.3. The molecular formula is C55H68N18O13. The number of urea groups is 3. The van der Waals surface area contributed by atoms with Crippen LogP contribution in [-0.2, 0) is 22.4 Å². The number of fused-ring (bicyclic) bond motifs is 2. The number of anilines is 4. The molecular weight excluding hydrogens is 1120 g/mol. The van der Waals surface area contributed by atoms with Gasteiger partial charge in [0.15, 0.2) is 34.0 Å². The van der Waals surface area contributed by atoms with Gasteiger partial charge in [0.1, 0.15) is 36.5 Å². The van der Waals surface area contributed by atoms with Crippen molar-refractivity contribution in [2.45, 2.75) is 123 Å². The number of amides is 8. The van der Waals surface area contributed by atoms with Crippen molar-refractivity contribution in [1.82, 2.24) is 70.1 Å². The first-order valence-electron chi connectivity index (χ1n) is 28.7. The van der Waals surface area contributed by atoms with Gasteiger partial charge in [-0.2, -0.15) is 19.9 Å². The van der Waals surface area contributed by atoms with Gasteiger partial charge in [-0.3, -0.25) is 19.4 Å². The van der Waals surface area contributed by atoms with E-state index in [4.69, 9.17) is 19.9 Å². The number of imide groups is 2. The number of hydrogen-bond acceptors (Lipinski definition) is 23. The van der Waals surface area contributed by atoms with E-state index in [1.165, 1.54) is 12.7 Å². The minimum absolute atomic E-state index is 0.0743. The van der Waals surface area contributed by atoms with Gasteiger partial charge in [-0.15, -0.1) is 0 Å². The first-order chi connectivity index (χ1) is 41.6. The zero-order valence-electron chi connectivity index (χ0n) is 46.4. The predicted molar refractivity (Wildman–Crippen MR) is 304 cm³/mol. The lowest BCUT2D eigenvalue weighted by molar-refractivity contribution is -0.132. The topological polar surface area (TPSA) is 420 Å². The highest BCUT2D eigenvalue weighted by Crippen LogP contribution is 2.40. The predicted octanol–water partition coefficient (Wildman–Crippen LogP) is -2.95. The highest BCUT2D eigenvalue weighted by molar-refractivity contribution is 6.05. The van der Waals surface area contributed by atoms with E-state index in [9.17, 15) is 64.8 Å². The monoisotopic (exact) mass is 1190 g/mol. The van der Waals surface area contributed by atoms with Crippen molar-refractivity contribution >= 4 is 75.8 Å². The van der Waals surface area contributed by atoms with Gasteiger partial charge >= 0.3 is 18.1 Å². The van der Waals surface area contributed by atoms with Crippen LogP contribution in [-0.4, -0.2) is 245 Å². The maximum absolute atomic E-state index is 13.9. The molecule has 12 rings (SSSR count). The van der Waals surface area contributed by atoms with Gasteiger partial charge in [0.25, 0.3) is 11.8 Å². The van der Waals surface area contributed by atoms with Crippen molar-refractivity contribution in [1.29, 1.82) is 0 Å². The molecule has 86 heavy (non-hydrogen) atoms. The lowest BCUT2D eigenvalue weighted by atomic mass is 10.1. The summed E-state index contributed by atoms with van der Waals surface area (Å²) in [7, 11) is 0. The molecule has 14 atom stereocenters. The SMILES string of the molecule is O=C(N[C@@H]1CCN(c2nc(N[C@H](CO)Cc3ccccc3)c3ncn([C@@H]4C[C@H](N5C(=O)N[C@@H](CO)C5=O)[C@@H](O)[C@H]4O)c3n2)C1)N[C@@H]1CCN(c2nc(N[C@H](CO)Cc3ccccc3)c3ncn([C@@H]4C[C@H](N5C(=O)N[C@@H](CO)C5=O)[C@@H](O)[C@H]4O)c3n2)C1. The van der Waals surface area contributed by atoms with Crippen LogP contribution in [0.4, 0.5) is 37.9 Å². The summed E-state index contributed by atoms with van der Waals surface area (Å²) in [6.45, 7) is -0.478. The molecule has 31 heteroatoms. The first-order valence-corrected chi connectivity index (χ1v) is 28.7. The maximum atomic E-state index is 13.9. The van der Waals surface area contributed by atoms with Crippen molar-refractivity contribution < 1.29 is 64.8 Å². The minimum Gasteiger partial charge on any atom is -0.394 e. The van der Waals surface area contributed by atoms with Crippen molar-refractivity contribution in [3.8, 4) is 0 Å². The summed E-state index contributed by atoms with van der Waals surface area (Å²) in [4.78, 5) is 100. The van der Waals surface area contributed by atoms with Crippen LogP contribution in [0, 0.1) is 0 Å². The molecule has 2 aliphatic carbocycles. The molecule has 0 unspecified atom stereocenters. The number of aliphatic hydroxyl groups is 8. The number of carbonyl (C=O) groups is 5. The smallest absolute Gasteiger partial charge is 0.325 e. The molecule has 6 aliphatic rings. The van der Waals surface area contributed by atoms with Crippen LogP contribution in [0.2, 0.25) is 0 Å². The number of hydrogen-bond donors (Lipinski definition) is 14. The Balaban J connectivity index is 0.757. The third-order valence-corrected chi connectivity index (χ3v) is 17.3. The van der Waals surface area contributed by atoms with Gasteiger partial charge in [-0.1, -0.05) is 60.7 Å². The van der Waals surface area contributed by atoms with Gasteiger partial charge in [-0.05, 0) is 49.7 Å². The number of benzene rings is 2. The first kappa shape index (κ1) is 58.0. The number of imidazole rings is 2. The Labute approximate surface area is 490 Å². The Bertz CT molecular complexity index is 3270. The summed E-state index contributed by atoms with van der Waals surface area (Å²) in [6, 6.07) is 8.73. The number of nitrogens with zero attached hydrogens (tertiary/aromatic N) is 12. The van der Waals surface area contributed by atoms with Crippen LogP contribution in [0.5, 0.6) is 0 Å². The summed E-state index contributed by atoms with van der Waals surface area (Å²) in [5.41, 5.74) is 2.97. The summed E-state index contributed by atoms with van der Waals surface area (Å²) >= 11 is 0. The van der Waals surface area contributed by atoms with Gasteiger partial charge in [0, 0.05) is 38.3 Å². The molecule has 14 N–H and O–H groups in total. The van der Waals surface area contributed by atoms with Crippen LogP contribution in [0.3, 0.4) is 0 Å². The molecule has 8 heterocycles. The normalized spacial score (nSPS) is 28.3. The number of nitrogens with one attached hydrogen (secondary N) is 6. The fraction of sp³-hybridized carbons (Fsp3) is 0.509. The van der Waals surface area contributed by atoms with Crippen LogP contribution >= 0.6 is 0 Å². The van der Waals surface area contributed by atoms with Crippen LogP contribution in [0.15, 0.2) is 73.3 Å². The van der Waals surface area contributed by atoms with Crippen molar-refractivity contribution in [3.63, 3.8) is 0 Å². The standard InChI is InChI=1S/C55H68N18O13/c74-21-31(15-27-7-3-1-4-8-27)58-45-39-47(70(25-56-39)35-17-37(43(80)41(35)78)72-49(82)33(23-76)62-54(72)85)66-51(64-45)68-13-11-29(19-68)60-53(84)61-30-12-14-69(20-30)52-65-46(59-32(22-75)16-28-9-5-2-6-10-28)40-48(67-52)71(26-57-40)36-18-38(44(81)42(36)79)73-50(83)34(24-77)63-55(73)86/h1-10,25-26,29-38,41-44,74-81H,11-24H2,(H,62,85)(H,63,86)(H,58,64,66)(H,59,65,67)(H2,60,61,84)/t29-,30-,31+,32+,33+,34+,35-,36-,37+,38+,41+,42+,43-,44-/m1/s1. The number of carbonyl (C=O) groups excluding carboxylic acids is 5. The molecule has 0 spiro atoms. The van der Waals surface area contributed by atoms with E-state index >= 15 is 0 Å². The molecule has 0 bridgehead atoms. The van der Waals surface area contributed by atoms with Crippen molar-refractivity contribution in [2.24, 2.45) is 0 Å². The zero-order valence-corrected chi connectivity index (χ0v) is 46.4. The molecule has 0 radical (unpaired) electrons. The van der Waals surface area contributed by atoms with Gasteiger partial charge in [0.2, 0.25) is 11.9 Å². The summed E-state index contributed by atoms with van der Waals surface area (Å²) in [6.07, 6.45) is -1.52. The Morgan fingerprint density at radius 3 is 1.33 bits per heavy atom. The second-order valence-electron chi connectivity index (χ2n) is 22.8. The molecule has 4 aliphatic heterocycles.